The maximum Gasteiger partial charge on any atom is 0.254 e. The molecule has 0 bridgehead atoms. The molecule has 66 heavy (non-hydrogen) atoms. The zero-order valence-electron chi connectivity index (χ0n) is 36.0. The fourth-order valence-corrected chi connectivity index (χ4v) is 11.6. The quantitative estimate of drug-likeness (QED) is 0.124. The van der Waals surface area contributed by atoms with Crippen molar-refractivity contribution < 1.29 is 33.2 Å². The van der Waals surface area contributed by atoms with Crippen molar-refractivity contribution in [2.75, 3.05) is 49.9 Å². The Morgan fingerprint density at radius 2 is 1.33 bits per heavy atom. The van der Waals surface area contributed by atoms with Crippen LogP contribution in [-0.4, -0.2) is 104 Å². The van der Waals surface area contributed by atoms with Crippen molar-refractivity contribution in [1.82, 2.24) is 29.6 Å². The van der Waals surface area contributed by atoms with E-state index in [2.05, 4.69) is 40.3 Å². The van der Waals surface area contributed by atoms with Crippen molar-refractivity contribution in [3.05, 3.63) is 113 Å². The maximum atomic E-state index is 15.7. The second-order valence-electron chi connectivity index (χ2n) is 16.2. The molecule has 8 rings (SSSR count). The molecule has 4 aromatic rings. The van der Waals surface area contributed by atoms with Crippen LogP contribution in [0.2, 0.25) is 5.02 Å². The van der Waals surface area contributed by atoms with E-state index in [9.17, 15) is 28.8 Å². The first-order valence-electron chi connectivity index (χ1n) is 21.0. The summed E-state index contributed by atoms with van der Waals surface area (Å²) in [6.07, 6.45) is 9.00. The second-order valence-corrected chi connectivity index (χ2v) is 21.3. The zero-order valence-corrected chi connectivity index (χ0v) is 40.0. The summed E-state index contributed by atoms with van der Waals surface area (Å²) >= 11 is 11.5. The number of piperazine rings is 2. The van der Waals surface area contributed by atoms with E-state index in [1.807, 2.05) is 0 Å². The molecule has 20 heteroatoms. The molecule has 4 heterocycles. The minimum Gasteiger partial charge on any atom is -0.331 e. The third kappa shape index (κ3) is 10.7. The van der Waals surface area contributed by atoms with E-state index < -0.39 is 11.7 Å². The SMILES string of the molecule is C=CC(=O)N1CCN(C(=O)c2cc(Sc3sc(NC(=O)C4CC4)nc3C=CC(=O)N3CCN(C(=O)c4cc(Sc5cnc(NC(=O)C6CC6)s5)c(Cl)cc4C)CC3=C)c(F)cc2C)CC1=C. The molecular weight excluding hydrogens is 943 g/mol. The number of hydrogen-bond donors (Lipinski definition) is 2. The van der Waals surface area contributed by atoms with Gasteiger partial charge in [-0.2, -0.15) is 0 Å². The van der Waals surface area contributed by atoms with Gasteiger partial charge in [0, 0.05) is 76.4 Å². The van der Waals surface area contributed by atoms with Gasteiger partial charge in [0.15, 0.2) is 10.3 Å². The predicted molar refractivity (Wildman–Crippen MR) is 255 cm³/mol. The van der Waals surface area contributed by atoms with Crippen molar-refractivity contribution in [1.29, 1.82) is 0 Å². The first-order valence-corrected chi connectivity index (χ1v) is 24.6. The van der Waals surface area contributed by atoms with E-state index in [0.29, 0.717) is 53.0 Å². The van der Waals surface area contributed by atoms with Gasteiger partial charge in [0.05, 0.1) is 38.4 Å². The van der Waals surface area contributed by atoms with Crippen LogP contribution < -0.4 is 10.6 Å². The van der Waals surface area contributed by atoms with E-state index in [4.69, 9.17) is 11.6 Å². The number of benzene rings is 2. The maximum absolute atomic E-state index is 15.7. The van der Waals surface area contributed by atoms with Crippen LogP contribution in [0.25, 0.3) is 6.08 Å². The summed E-state index contributed by atoms with van der Waals surface area (Å²) in [4.78, 5) is 94.5. The van der Waals surface area contributed by atoms with E-state index >= 15 is 4.39 Å². The largest absolute Gasteiger partial charge is 0.331 e. The molecule has 6 amide bonds. The highest BCUT2D eigenvalue weighted by Gasteiger charge is 2.33. The van der Waals surface area contributed by atoms with E-state index in [1.165, 1.54) is 63.3 Å². The van der Waals surface area contributed by atoms with Crippen LogP contribution in [0, 0.1) is 31.5 Å². The number of hydrogen-bond acceptors (Lipinski definition) is 12. The number of rotatable bonds is 13. The molecule has 0 unspecified atom stereocenters. The minimum absolute atomic E-state index is 0.0312. The van der Waals surface area contributed by atoms with Gasteiger partial charge < -0.3 is 30.2 Å². The molecule has 4 fully saturated rings. The van der Waals surface area contributed by atoms with Crippen LogP contribution in [0.15, 0.2) is 92.0 Å². The third-order valence-corrected chi connectivity index (χ3v) is 16.0. The van der Waals surface area contributed by atoms with Crippen molar-refractivity contribution in [2.45, 2.75) is 57.7 Å². The molecule has 2 aliphatic heterocycles. The molecule has 0 spiro atoms. The molecule has 2 aliphatic carbocycles. The number of nitrogens with zero attached hydrogens (tertiary/aromatic N) is 6. The third-order valence-electron chi connectivity index (χ3n) is 11.3. The van der Waals surface area contributed by atoms with Gasteiger partial charge in [-0.05, 0) is 87.1 Å². The molecule has 342 valence electrons. The summed E-state index contributed by atoms with van der Waals surface area (Å²) in [6, 6.07) is 6.25. The molecular formula is C46H44ClFN8O6S4. The van der Waals surface area contributed by atoms with Crippen molar-refractivity contribution in [2.24, 2.45) is 11.8 Å². The lowest BCUT2D eigenvalue weighted by Crippen LogP contribution is -2.48. The van der Waals surface area contributed by atoms with Gasteiger partial charge in [0.25, 0.3) is 17.7 Å². The monoisotopic (exact) mass is 986 g/mol. The molecule has 0 radical (unpaired) electrons. The van der Waals surface area contributed by atoms with Gasteiger partial charge in [0.2, 0.25) is 17.7 Å². The number of nitrogens with one attached hydrogen (secondary N) is 2. The number of amides is 6. The summed E-state index contributed by atoms with van der Waals surface area (Å²) in [6.45, 7) is 16.1. The summed E-state index contributed by atoms with van der Waals surface area (Å²) in [7, 11) is 0. The normalized spacial score (nSPS) is 16.5. The zero-order chi connectivity index (χ0) is 47.0. The summed E-state index contributed by atoms with van der Waals surface area (Å²) < 4.78 is 17.0. The highest BCUT2D eigenvalue weighted by molar-refractivity contribution is 8.01. The van der Waals surface area contributed by atoms with Gasteiger partial charge in [-0.1, -0.05) is 77.5 Å². The fourth-order valence-electron chi connectivity index (χ4n) is 7.25. The standard InChI is InChI=1S/C46H44ClFN8O6S4/c1-6-37(57)55-15-13-53(22-26(55)4)43(62)31-20-36(33(48)18-25(31)3)64-44-34(50-46(66-44)52-41(60)29-9-10-29)11-12-38(58)56-16-14-54(23-27(56)5)42(61)30-19-35(32(47)17-24(30)2)63-39-21-49-45(65-39)51-40(59)28-7-8-28/h6,11-12,17-21,28-29H,1,4-5,7-10,13-16,22-23H2,2-3H3,(H,49,51,59)(H,50,52,60). The minimum atomic E-state index is -0.570. The number of carbonyl (C=O) groups is 6. The van der Waals surface area contributed by atoms with E-state index in [-0.39, 0.29) is 96.2 Å². The molecule has 2 N–H and O–H groups in total. The van der Waals surface area contributed by atoms with Crippen molar-refractivity contribution in [3.63, 3.8) is 0 Å². The highest BCUT2D eigenvalue weighted by Crippen LogP contribution is 2.42. The summed E-state index contributed by atoms with van der Waals surface area (Å²) in [5.74, 6) is -2.14. The second kappa shape index (κ2) is 19.7. The van der Waals surface area contributed by atoms with Crippen molar-refractivity contribution >= 4 is 110 Å². The summed E-state index contributed by atoms with van der Waals surface area (Å²) in [5, 5.41) is 6.95. The molecule has 2 saturated carbocycles. The Labute approximate surface area is 402 Å². The van der Waals surface area contributed by atoms with Gasteiger partial charge in [-0.15, -0.1) is 0 Å². The Morgan fingerprint density at radius 3 is 1.91 bits per heavy atom. The lowest BCUT2D eigenvalue weighted by molar-refractivity contribution is -0.126. The number of thiazole rings is 2. The van der Waals surface area contributed by atoms with Crippen LogP contribution >= 0.6 is 57.8 Å². The fraction of sp³-hybridized carbons (Fsp3) is 0.304. The Morgan fingerprint density at radius 1 is 0.773 bits per heavy atom. The molecule has 2 aromatic carbocycles. The van der Waals surface area contributed by atoms with E-state index in [0.717, 1.165) is 53.0 Å². The first kappa shape index (κ1) is 46.9. The topological polar surface area (TPSA) is 165 Å². The van der Waals surface area contributed by atoms with E-state index in [1.54, 1.807) is 42.0 Å². The lowest BCUT2D eigenvalue weighted by atomic mass is 10.1. The number of aromatic nitrogens is 2. The molecule has 0 atom stereocenters. The average Bonchev–Trinajstić information content (AvgIpc) is 4.23. The molecule has 2 saturated heterocycles. The van der Waals surface area contributed by atoms with Crippen LogP contribution in [0.5, 0.6) is 0 Å². The average molecular weight is 988 g/mol. The molecule has 14 nitrogen and oxygen atoms in total. The van der Waals surface area contributed by atoms with Crippen molar-refractivity contribution in [3.8, 4) is 0 Å². The smallest absolute Gasteiger partial charge is 0.254 e. The molecule has 4 aliphatic rings. The van der Waals surface area contributed by atoms with Gasteiger partial charge in [-0.25, -0.2) is 14.4 Å². The summed E-state index contributed by atoms with van der Waals surface area (Å²) in [5.41, 5.74) is 2.99. The Hall–Kier alpha value is -5.60. The highest BCUT2D eigenvalue weighted by atomic mass is 35.5. The van der Waals surface area contributed by atoms with Crippen LogP contribution in [0.4, 0.5) is 14.7 Å². The van der Waals surface area contributed by atoms with Crippen LogP contribution in [0.1, 0.15) is 63.2 Å². The number of halogens is 2. The van der Waals surface area contributed by atoms with Gasteiger partial charge in [0.1, 0.15) is 5.82 Å². The Kier molecular flexibility index (Phi) is 14.0. The van der Waals surface area contributed by atoms with Gasteiger partial charge >= 0.3 is 0 Å². The predicted octanol–water partition coefficient (Wildman–Crippen LogP) is 8.50. The lowest BCUT2D eigenvalue weighted by Gasteiger charge is -2.36. The van der Waals surface area contributed by atoms with Crippen LogP contribution in [0.3, 0.4) is 0 Å². The van der Waals surface area contributed by atoms with Gasteiger partial charge in [-0.3, -0.25) is 28.8 Å². The first-order chi connectivity index (χ1) is 31.6. The molecule has 2 aromatic heterocycles. The Balaban J connectivity index is 0.944. The Bertz CT molecular complexity index is 2760. The number of anilines is 2. The number of carbonyl (C=O) groups excluding carboxylic acids is 6. The number of aryl methyl sites for hydroxylation is 2. The van der Waals surface area contributed by atoms with Crippen LogP contribution in [-0.2, 0) is 19.2 Å².